The lowest BCUT2D eigenvalue weighted by Gasteiger charge is -2.24. The SMILES string of the molecule is CN(C(=O)Nc1ccccc1S)C1CCS(=O)(=O)C1. The summed E-state index contributed by atoms with van der Waals surface area (Å²) in [6, 6.07) is 6.58. The quantitative estimate of drug-likeness (QED) is 0.816. The van der Waals surface area contributed by atoms with Gasteiger partial charge < -0.3 is 10.2 Å². The van der Waals surface area contributed by atoms with Gasteiger partial charge in [0.1, 0.15) is 0 Å². The predicted molar refractivity (Wildman–Crippen MR) is 77.5 cm³/mol. The molecular weight excluding hydrogens is 284 g/mol. The summed E-state index contributed by atoms with van der Waals surface area (Å²) in [5.74, 6) is 0.192. The number of urea groups is 1. The van der Waals surface area contributed by atoms with E-state index in [0.717, 1.165) is 0 Å². The van der Waals surface area contributed by atoms with Gasteiger partial charge in [0.15, 0.2) is 9.84 Å². The van der Waals surface area contributed by atoms with Crippen LogP contribution in [0.5, 0.6) is 0 Å². The van der Waals surface area contributed by atoms with Crippen molar-refractivity contribution in [3.05, 3.63) is 24.3 Å². The van der Waals surface area contributed by atoms with E-state index in [1.807, 2.05) is 6.07 Å². The van der Waals surface area contributed by atoms with Crippen molar-refractivity contribution in [2.45, 2.75) is 17.4 Å². The predicted octanol–water partition coefficient (Wildman–Crippen LogP) is 1.63. The summed E-state index contributed by atoms with van der Waals surface area (Å²) < 4.78 is 22.8. The minimum Gasteiger partial charge on any atom is -0.324 e. The molecule has 1 aromatic carbocycles. The molecule has 5 nitrogen and oxygen atoms in total. The van der Waals surface area contributed by atoms with E-state index in [4.69, 9.17) is 0 Å². The Morgan fingerprint density at radius 2 is 2.11 bits per heavy atom. The molecule has 0 bridgehead atoms. The Bertz CT molecular complexity index is 586. The third kappa shape index (κ3) is 3.42. The minimum absolute atomic E-state index is 0.0411. The van der Waals surface area contributed by atoms with Gasteiger partial charge in [-0.15, -0.1) is 12.6 Å². The van der Waals surface area contributed by atoms with Crippen molar-refractivity contribution in [3.8, 4) is 0 Å². The number of thiol groups is 1. The molecule has 1 N–H and O–H groups in total. The molecule has 1 heterocycles. The zero-order valence-corrected chi connectivity index (χ0v) is 12.2. The normalized spacial score (nSPS) is 21.1. The smallest absolute Gasteiger partial charge is 0.321 e. The number of sulfone groups is 1. The first kappa shape index (κ1) is 14.2. The summed E-state index contributed by atoms with van der Waals surface area (Å²) in [4.78, 5) is 14.2. The van der Waals surface area contributed by atoms with Gasteiger partial charge in [-0.2, -0.15) is 0 Å². The van der Waals surface area contributed by atoms with Crippen LogP contribution in [0, 0.1) is 0 Å². The molecule has 0 saturated carbocycles. The molecular formula is C12H16N2O3S2. The largest absolute Gasteiger partial charge is 0.324 e. The number of hydrogen-bond acceptors (Lipinski definition) is 4. The molecule has 2 rings (SSSR count). The number of carbonyl (C=O) groups is 1. The average Bonchev–Trinajstić information content (AvgIpc) is 2.71. The van der Waals surface area contributed by atoms with Crippen molar-refractivity contribution >= 4 is 34.2 Å². The number of anilines is 1. The standard InChI is InChI=1S/C12H16N2O3S2/c1-14(9-6-7-19(16,17)8-9)12(15)13-10-4-2-3-5-11(10)18/h2-5,9,18H,6-8H2,1H3,(H,13,15). The second kappa shape index (κ2) is 5.42. The monoisotopic (exact) mass is 300 g/mol. The van der Waals surface area contributed by atoms with Crippen molar-refractivity contribution in [2.24, 2.45) is 0 Å². The third-order valence-corrected chi connectivity index (χ3v) is 5.36. The molecule has 1 atom stereocenters. The maximum Gasteiger partial charge on any atom is 0.321 e. The first-order valence-corrected chi connectivity index (χ1v) is 8.18. The van der Waals surface area contributed by atoms with E-state index in [1.54, 1.807) is 25.2 Å². The van der Waals surface area contributed by atoms with Crippen LogP contribution in [0.2, 0.25) is 0 Å². The van der Waals surface area contributed by atoms with Gasteiger partial charge in [-0.05, 0) is 18.6 Å². The second-order valence-electron chi connectivity index (χ2n) is 4.62. The third-order valence-electron chi connectivity index (χ3n) is 3.22. The highest BCUT2D eigenvalue weighted by Crippen LogP contribution is 2.21. The number of hydrogen-bond donors (Lipinski definition) is 2. The number of nitrogens with one attached hydrogen (secondary N) is 1. The lowest BCUT2D eigenvalue weighted by molar-refractivity contribution is 0.209. The van der Waals surface area contributed by atoms with Crippen molar-refractivity contribution in [2.75, 3.05) is 23.9 Å². The molecule has 7 heteroatoms. The van der Waals surface area contributed by atoms with E-state index in [0.29, 0.717) is 17.0 Å². The van der Waals surface area contributed by atoms with E-state index in [2.05, 4.69) is 17.9 Å². The zero-order valence-electron chi connectivity index (χ0n) is 10.5. The van der Waals surface area contributed by atoms with Crippen LogP contribution in [0.25, 0.3) is 0 Å². The Kier molecular flexibility index (Phi) is 4.05. The molecule has 1 aliphatic heterocycles. The molecule has 1 fully saturated rings. The zero-order chi connectivity index (χ0) is 14.0. The van der Waals surface area contributed by atoms with Gasteiger partial charge in [0.25, 0.3) is 0 Å². The molecule has 104 valence electrons. The number of carbonyl (C=O) groups excluding carboxylic acids is 1. The number of para-hydroxylation sites is 1. The van der Waals surface area contributed by atoms with Crippen LogP contribution in [-0.2, 0) is 9.84 Å². The van der Waals surface area contributed by atoms with Crippen LogP contribution in [0.1, 0.15) is 6.42 Å². The highest BCUT2D eigenvalue weighted by molar-refractivity contribution is 7.91. The number of amides is 2. The topological polar surface area (TPSA) is 66.5 Å². The fraction of sp³-hybridized carbons (Fsp3) is 0.417. The summed E-state index contributed by atoms with van der Waals surface area (Å²) in [6.45, 7) is 0. The van der Waals surface area contributed by atoms with Crippen molar-refractivity contribution < 1.29 is 13.2 Å². The molecule has 1 saturated heterocycles. The number of nitrogens with zero attached hydrogens (tertiary/aromatic N) is 1. The summed E-state index contributed by atoms with van der Waals surface area (Å²) in [5, 5.41) is 2.73. The fourth-order valence-corrected chi connectivity index (χ4v) is 4.02. The summed E-state index contributed by atoms with van der Waals surface area (Å²) in [6.07, 6.45) is 0.495. The van der Waals surface area contributed by atoms with Gasteiger partial charge in [-0.3, -0.25) is 0 Å². The highest BCUT2D eigenvalue weighted by atomic mass is 32.2. The van der Waals surface area contributed by atoms with Crippen LogP contribution >= 0.6 is 12.6 Å². The number of rotatable bonds is 2. The van der Waals surface area contributed by atoms with Gasteiger partial charge in [0.2, 0.25) is 0 Å². The first-order valence-electron chi connectivity index (χ1n) is 5.91. The molecule has 0 spiro atoms. The van der Waals surface area contributed by atoms with Crippen LogP contribution in [-0.4, -0.2) is 43.9 Å². The van der Waals surface area contributed by atoms with E-state index >= 15 is 0 Å². The van der Waals surface area contributed by atoms with Gasteiger partial charge in [-0.1, -0.05) is 12.1 Å². The van der Waals surface area contributed by atoms with E-state index in [9.17, 15) is 13.2 Å². The molecule has 1 aromatic rings. The summed E-state index contributed by atoms with van der Waals surface area (Å²) in [5.41, 5.74) is 0.614. The van der Waals surface area contributed by atoms with Gasteiger partial charge >= 0.3 is 6.03 Å². The Balaban J connectivity index is 2.03. The maximum absolute atomic E-state index is 12.0. The summed E-state index contributed by atoms with van der Waals surface area (Å²) >= 11 is 4.25. The van der Waals surface area contributed by atoms with Crippen molar-refractivity contribution in [1.82, 2.24) is 4.90 Å². The molecule has 0 aromatic heterocycles. The molecule has 1 unspecified atom stereocenters. The second-order valence-corrected chi connectivity index (χ2v) is 7.33. The highest BCUT2D eigenvalue weighted by Gasteiger charge is 2.32. The number of benzene rings is 1. The van der Waals surface area contributed by atoms with Crippen LogP contribution in [0.15, 0.2) is 29.2 Å². The average molecular weight is 300 g/mol. The molecule has 0 aliphatic carbocycles. The van der Waals surface area contributed by atoms with E-state index < -0.39 is 9.84 Å². The Hall–Kier alpha value is -1.21. The van der Waals surface area contributed by atoms with Crippen LogP contribution in [0.3, 0.4) is 0 Å². The Labute approximate surface area is 118 Å². The van der Waals surface area contributed by atoms with Crippen LogP contribution < -0.4 is 5.32 Å². The van der Waals surface area contributed by atoms with Crippen LogP contribution in [0.4, 0.5) is 10.5 Å². The Morgan fingerprint density at radius 3 is 2.68 bits per heavy atom. The van der Waals surface area contributed by atoms with Crippen molar-refractivity contribution in [1.29, 1.82) is 0 Å². The lowest BCUT2D eigenvalue weighted by atomic mass is 10.2. The maximum atomic E-state index is 12.0. The molecule has 19 heavy (non-hydrogen) atoms. The fourth-order valence-electron chi connectivity index (χ4n) is 2.03. The molecule has 0 radical (unpaired) electrons. The lowest BCUT2D eigenvalue weighted by Crippen LogP contribution is -2.40. The molecule has 1 aliphatic rings. The Morgan fingerprint density at radius 1 is 1.42 bits per heavy atom. The van der Waals surface area contributed by atoms with E-state index in [-0.39, 0.29) is 23.6 Å². The first-order chi connectivity index (χ1) is 8.89. The van der Waals surface area contributed by atoms with Gasteiger partial charge in [0.05, 0.1) is 17.2 Å². The molecule has 2 amide bonds. The minimum atomic E-state index is -2.99. The van der Waals surface area contributed by atoms with E-state index in [1.165, 1.54) is 4.90 Å². The van der Waals surface area contributed by atoms with Crippen molar-refractivity contribution in [3.63, 3.8) is 0 Å². The van der Waals surface area contributed by atoms with Gasteiger partial charge in [0, 0.05) is 18.0 Å². The van der Waals surface area contributed by atoms with Gasteiger partial charge in [-0.25, -0.2) is 13.2 Å². The summed E-state index contributed by atoms with van der Waals surface area (Å²) in [7, 11) is -1.38.